The molecule has 0 radical (unpaired) electrons. The molecule has 3 rings (SSSR count). The van der Waals surface area contributed by atoms with Gasteiger partial charge in [-0.3, -0.25) is 15.2 Å². The van der Waals surface area contributed by atoms with Gasteiger partial charge < -0.3 is 26.1 Å². The summed E-state index contributed by atoms with van der Waals surface area (Å²) in [5.74, 6) is 1.35. The number of hydrogen-bond acceptors (Lipinski definition) is 4. The highest BCUT2D eigenvalue weighted by Crippen LogP contribution is 2.38. The molecule has 5 nitrogen and oxygen atoms in total. The summed E-state index contributed by atoms with van der Waals surface area (Å²) >= 11 is 0. The second kappa shape index (κ2) is 14.5. The minimum absolute atomic E-state index is 0.304. The number of nitrogens with one attached hydrogen (secondary N) is 2. The Labute approximate surface area is 250 Å². The van der Waals surface area contributed by atoms with Crippen LogP contribution < -0.4 is 10.6 Å². The van der Waals surface area contributed by atoms with Crippen LogP contribution in [0.5, 0.6) is 0 Å². The van der Waals surface area contributed by atoms with E-state index < -0.39 is 23.9 Å². The molecule has 1 fully saturated rings. The van der Waals surface area contributed by atoms with E-state index in [2.05, 4.69) is 82.9 Å². The van der Waals surface area contributed by atoms with Gasteiger partial charge in [0.1, 0.15) is 0 Å². The first kappa shape index (κ1) is 36.6. The molecule has 0 aromatic rings. The fourth-order valence-corrected chi connectivity index (χ4v) is 7.77. The molecule has 0 unspecified atom stereocenters. The molecule has 3 heterocycles. The van der Waals surface area contributed by atoms with Crippen LogP contribution in [0.2, 0.25) is 36.3 Å². The monoisotopic (exact) mass is 625 g/mol. The van der Waals surface area contributed by atoms with Gasteiger partial charge >= 0.3 is 13.2 Å². The van der Waals surface area contributed by atoms with Gasteiger partial charge in [-0.15, -0.1) is 0 Å². The molecule has 0 aromatic heterocycles. The second-order valence-electron chi connectivity index (χ2n) is 15.5. The first-order valence-electron chi connectivity index (χ1n) is 15.9. The Morgan fingerprint density at radius 2 is 1.05 bits per heavy atom. The molecule has 41 heavy (non-hydrogen) atoms. The van der Waals surface area contributed by atoms with E-state index in [-0.39, 0.29) is 0 Å². The highest BCUT2D eigenvalue weighted by atomic mass is 28.4. The lowest BCUT2D eigenvalue weighted by atomic mass is 9.97. The summed E-state index contributed by atoms with van der Waals surface area (Å²) in [6.07, 6.45) is 12.8. The van der Waals surface area contributed by atoms with Crippen LogP contribution in [0.1, 0.15) is 106 Å². The highest BCUT2D eigenvalue weighted by molar-refractivity contribution is 6.74. The molecule has 242 valence electrons. The lowest BCUT2D eigenvalue weighted by molar-refractivity contribution is -0.593. The third kappa shape index (κ3) is 11.8. The third-order valence-electron chi connectivity index (χ3n) is 10.1. The van der Waals surface area contributed by atoms with E-state index in [9.17, 15) is 17.3 Å². The van der Waals surface area contributed by atoms with E-state index in [0.717, 1.165) is 25.3 Å². The standard InChI is InChI=1S/C29H59N3O2Si2.BF4/c1-28(2,3)35(7,8)33-19-13-11-15-23-21-25-17-18-26-22-24(31-27(30-23)32(25)26)16-12-14-20-34-36(9,10)29(4,5)6;2-1(3,4)5/h23-26H,11-22H2,1-10H3,(H,30,31);/q;-1/p+1/t23-,24+,25+,26-;. The number of rotatable bonds is 12. The Balaban J connectivity index is 0.00000108. The average molecular weight is 626 g/mol. The van der Waals surface area contributed by atoms with Crippen LogP contribution in [0.3, 0.4) is 0 Å². The van der Waals surface area contributed by atoms with E-state index in [1.807, 2.05) is 0 Å². The Morgan fingerprint density at radius 1 is 0.707 bits per heavy atom. The largest absolute Gasteiger partial charge is 0.673 e. The summed E-state index contributed by atoms with van der Waals surface area (Å²) in [6, 6.07) is 2.70. The Hall–Kier alpha value is -0.591. The third-order valence-corrected chi connectivity index (χ3v) is 19.2. The lowest BCUT2D eigenvalue weighted by Gasteiger charge is -2.37. The van der Waals surface area contributed by atoms with Crippen molar-refractivity contribution in [2.75, 3.05) is 13.2 Å². The van der Waals surface area contributed by atoms with Crippen molar-refractivity contribution in [3.63, 3.8) is 0 Å². The maximum absolute atomic E-state index is 9.75. The molecule has 3 aliphatic rings. The first-order valence-corrected chi connectivity index (χ1v) is 21.8. The quantitative estimate of drug-likeness (QED) is 0.0992. The molecule has 0 spiro atoms. The highest BCUT2D eigenvalue weighted by Gasteiger charge is 2.45. The summed E-state index contributed by atoms with van der Waals surface area (Å²) in [6.45, 7) is 25.3. The van der Waals surface area contributed by atoms with Gasteiger partial charge in [-0.05, 0) is 87.6 Å². The van der Waals surface area contributed by atoms with E-state index >= 15 is 0 Å². The Kier molecular flexibility index (Phi) is 12.9. The normalized spacial score (nSPS) is 25.2. The van der Waals surface area contributed by atoms with Crippen molar-refractivity contribution >= 4 is 29.8 Å². The number of hydrogen-bond donors (Lipinski definition) is 2. The number of halogens is 4. The van der Waals surface area contributed by atoms with Crippen molar-refractivity contribution in [1.29, 1.82) is 0 Å². The average Bonchev–Trinajstić information content (AvgIpc) is 3.19. The topological polar surface area (TPSA) is 45.5 Å². The minimum Gasteiger partial charge on any atom is -0.418 e. The molecule has 3 aliphatic heterocycles. The van der Waals surface area contributed by atoms with E-state index in [4.69, 9.17) is 8.85 Å². The summed E-state index contributed by atoms with van der Waals surface area (Å²) in [5, 5.41) is 8.48. The number of nitrogens with zero attached hydrogens (tertiary/aromatic N) is 1. The van der Waals surface area contributed by atoms with Crippen LogP contribution in [-0.4, -0.2) is 71.8 Å². The number of unbranched alkanes of at least 4 members (excludes halogenated alkanes) is 2. The molecule has 4 atom stereocenters. The number of guanidine groups is 1. The van der Waals surface area contributed by atoms with Crippen molar-refractivity contribution in [2.24, 2.45) is 0 Å². The minimum atomic E-state index is -6.00. The molecular weight excluding hydrogens is 565 g/mol. The van der Waals surface area contributed by atoms with Gasteiger partial charge in [-0.2, -0.15) is 0 Å². The molecule has 0 aliphatic carbocycles. The van der Waals surface area contributed by atoms with Gasteiger partial charge in [0, 0.05) is 26.1 Å². The lowest BCUT2D eigenvalue weighted by Crippen LogP contribution is -2.62. The second-order valence-corrected chi connectivity index (χ2v) is 25.1. The van der Waals surface area contributed by atoms with Crippen LogP contribution >= 0.6 is 0 Å². The molecule has 12 heteroatoms. The predicted octanol–water partition coefficient (Wildman–Crippen LogP) is 8.29. The van der Waals surface area contributed by atoms with E-state index in [0.29, 0.717) is 22.2 Å². The zero-order valence-corrected chi connectivity index (χ0v) is 29.6. The van der Waals surface area contributed by atoms with Gasteiger partial charge in [-0.1, -0.05) is 41.5 Å². The van der Waals surface area contributed by atoms with Crippen LogP contribution in [-0.2, 0) is 8.85 Å². The molecule has 0 amide bonds. The molecule has 0 saturated carbocycles. The predicted molar refractivity (Wildman–Crippen MR) is 169 cm³/mol. The summed E-state index contributed by atoms with van der Waals surface area (Å²) in [7, 11) is -9.23. The summed E-state index contributed by atoms with van der Waals surface area (Å²) < 4.78 is 54.5. The van der Waals surface area contributed by atoms with Crippen LogP contribution in [0.25, 0.3) is 0 Å². The van der Waals surface area contributed by atoms with Crippen molar-refractivity contribution < 1.29 is 30.7 Å². The van der Waals surface area contributed by atoms with Gasteiger partial charge in [0.15, 0.2) is 16.6 Å². The van der Waals surface area contributed by atoms with Gasteiger partial charge in [-0.25, -0.2) is 0 Å². The van der Waals surface area contributed by atoms with E-state index in [1.165, 1.54) is 70.2 Å². The molecule has 1 saturated heterocycles. The SMILES string of the molecule is CC(C)(C)[Si](C)(C)OCCCC[C@@H]1C[C@@H]2CC[C@@H]3C[C@H](CCCCO[Si](C)(C)C(C)(C)C)NC(=[N+]32)N1.F[B-](F)(F)F. The summed E-state index contributed by atoms with van der Waals surface area (Å²) in [4.78, 5) is 0. The van der Waals surface area contributed by atoms with Crippen molar-refractivity contribution in [2.45, 2.75) is 166 Å². The fourth-order valence-electron chi connectivity index (χ4n) is 5.59. The van der Waals surface area contributed by atoms with Crippen molar-refractivity contribution in [3.8, 4) is 0 Å². The Bertz CT molecular complexity index is 794. The smallest absolute Gasteiger partial charge is 0.418 e. The van der Waals surface area contributed by atoms with Gasteiger partial charge in [0.25, 0.3) is 0 Å². The van der Waals surface area contributed by atoms with Crippen LogP contribution in [0, 0.1) is 0 Å². The molecule has 2 N–H and O–H groups in total. The van der Waals surface area contributed by atoms with E-state index in [1.54, 1.807) is 0 Å². The van der Waals surface area contributed by atoms with Gasteiger partial charge in [0.05, 0.1) is 24.2 Å². The Morgan fingerprint density at radius 3 is 1.37 bits per heavy atom. The van der Waals surface area contributed by atoms with Gasteiger partial charge in [0.2, 0.25) is 0 Å². The fraction of sp³-hybridized carbons (Fsp3) is 0.966. The zero-order valence-electron chi connectivity index (χ0n) is 27.6. The summed E-state index contributed by atoms with van der Waals surface area (Å²) in [5.41, 5.74) is 0. The molecular formula is C29H60BF4N3O2Si2. The van der Waals surface area contributed by atoms with Crippen LogP contribution in [0.15, 0.2) is 0 Å². The molecule has 0 bridgehead atoms. The van der Waals surface area contributed by atoms with Crippen LogP contribution in [0.4, 0.5) is 17.3 Å². The maximum atomic E-state index is 9.75. The maximum Gasteiger partial charge on any atom is 0.673 e. The molecule has 0 aromatic carbocycles. The first-order chi connectivity index (χ1) is 18.6. The zero-order chi connectivity index (χ0) is 31.3. The van der Waals surface area contributed by atoms with Crippen molar-refractivity contribution in [3.05, 3.63) is 0 Å². The van der Waals surface area contributed by atoms with Crippen molar-refractivity contribution in [1.82, 2.24) is 10.6 Å².